The number of aromatic nitrogens is 1. The topological polar surface area (TPSA) is 85.6 Å². The molecular formula is C26H21NO5S2. The zero-order valence-corrected chi connectivity index (χ0v) is 19.6. The highest BCUT2D eigenvalue weighted by Gasteiger charge is 2.69. The van der Waals surface area contributed by atoms with E-state index in [1.54, 1.807) is 23.9 Å². The number of thioether (sulfide) groups is 1. The normalized spacial score (nSPS) is 32.9. The summed E-state index contributed by atoms with van der Waals surface area (Å²) in [5, 5.41) is 11.8. The van der Waals surface area contributed by atoms with Crippen LogP contribution in [-0.4, -0.2) is 26.9 Å². The van der Waals surface area contributed by atoms with E-state index >= 15 is 0 Å². The van der Waals surface area contributed by atoms with Crippen LogP contribution >= 0.6 is 23.1 Å². The number of phenolic OH excluding ortho intramolecular Hbond substituents is 1. The summed E-state index contributed by atoms with van der Waals surface area (Å²) in [4.78, 5) is 39.3. The van der Waals surface area contributed by atoms with Crippen LogP contribution in [0.25, 0.3) is 0 Å². The van der Waals surface area contributed by atoms with Gasteiger partial charge in [-0.1, -0.05) is 59.9 Å². The molecule has 2 aliphatic carbocycles. The van der Waals surface area contributed by atoms with Gasteiger partial charge in [-0.25, -0.2) is 0 Å². The maximum absolute atomic E-state index is 13.2. The number of esters is 2. The van der Waals surface area contributed by atoms with E-state index in [0.717, 1.165) is 27.5 Å². The summed E-state index contributed by atoms with van der Waals surface area (Å²) in [5.41, 5.74) is 1.83. The number of fused-ring (bicyclic) bond motifs is 9. The third kappa shape index (κ3) is 2.72. The number of cyclic esters (lactones) is 2. The number of hydrogen-bond acceptors (Lipinski definition) is 7. The highest BCUT2D eigenvalue weighted by molar-refractivity contribution is 8.00. The van der Waals surface area contributed by atoms with Crippen LogP contribution < -0.4 is 4.87 Å². The van der Waals surface area contributed by atoms with E-state index in [2.05, 4.69) is 0 Å². The van der Waals surface area contributed by atoms with E-state index in [-0.39, 0.29) is 45.5 Å². The number of benzene rings is 2. The second kappa shape index (κ2) is 7.33. The molecule has 0 amide bonds. The summed E-state index contributed by atoms with van der Waals surface area (Å²) >= 11 is 2.93. The predicted molar refractivity (Wildman–Crippen MR) is 127 cm³/mol. The summed E-state index contributed by atoms with van der Waals surface area (Å²) in [6, 6.07) is 17.2. The monoisotopic (exact) mass is 491 g/mol. The maximum Gasteiger partial charge on any atom is 0.317 e. The molecule has 1 aromatic heterocycles. The summed E-state index contributed by atoms with van der Waals surface area (Å²) in [7, 11) is 0. The summed E-state index contributed by atoms with van der Waals surface area (Å²) < 4.78 is 6.91. The number of aromatic hydroxyl groups is 1. The molecule has 3 heterocycles. The standard InChI is InChI=1S/C26H21NO5S2/c28-16-9-5-4-8-13(16)17-18-14-10-15(20-19(14)24(29)32-25(20)30)21(18)33-23-22(17)34-26(31)27(23)11-12-6-2-1-3-7-12/h1-9,14-15,17-21,28H,10-11H2/t14-,15+,17-,18-,19+,20+,21-/m0/s1. The van der Waals surface area contributed by atoms with E-state index in [0.29, 0.717) is 6.54 Å². The van der Waals surface area contributed by atoms with E-state index in [4.69, 9.17) is 4.74 Å². The number of hydrogen-bond donors (Lipinski definition) is 1. The van der Waals surface area contributed by atoms with Gasteiger partial charge in [0.25, 0.3) is 0 Å². The minimum Gasteiger partial charge on any atom is -0.508 e. The lowest BCUT2D eigenvalue weighted by atomic mass is 9.68. The largest absolute Gasteiger partial charge is 0.508 e. The van der Waals surface area contributed by atoms with Crippen LogP contribution in [0.2, 0.25) is 0 Å². The lowest BCUT2D eigenvalue weighted by Crippen LogP contribution is -2.43. The average molecular weight is 492 g/mol. The first-order valence-electron chi connectivity index (χ1n) is 11.5. The number of carbonyl (C=O) groups excluding carboxylic acids is 2. The van der Waals surface area contributed by atoms with Gasteiger partial charge in [0, 0.05) is 21.6 Å². The van der Waals surface area contributed by atoms with Gasteiger partial charge >= 0.3 is 16.8 Å². The Hall–Kier alpha value is -2.84. The van der Waals surface area contributed by atoms with Gasteiger partial charge in [0.05, 0.1) is 23.4 Å². The van der Waals surface area contributed by atoms with Gasteiger partial charge in [-0.05, 0) is 35.8 Å². The van der Waals surface area contributed by atoms with Crippen molar-refractivity contribution in [2.24, 2.45) is 29.6 Å². The van der Waals surface area contributed by atoms with Crippen LogP contribution in [-0.2, 0) is 20.9 Å². The highest BCUT2D eigenvalue weighted by atomic mass is 32.2. The minimum atomic E-state index is -0.405. The lowest BCUT2D eigenvalue weighted by Gasteiger charge is -2.43. The molecule has 4 aliphatic rings. The third-order valence-corrected chi connectivity index (χ3v) is 10.9. The Bertz CT molecular complexity index is 1400. The van der Waals surface area contributed by atoms with Gasteiger partial charge in [-0.2, -0.15) is 0 Å². The van der Waals surface area contributed by atoms with E-state index < -0.39 is 17.9 Å². The van der Waals surface area contributed by atoms with Gasteiger partial charge in [0.1, 0.15) is 5.75 Å². The Labute approximate surface area is 203 Å². The van der Waals surface area contributed by atoms with E-state index in [1.165, 1.54) is 11.3 Å². The van der Waals surface area contributed by atoms with Crippen molar-refractivity contribution in [1.82, 2.24) is 4.57 Å². The van der Waals surface area contributed by atoms with Crippen molar-refractivity contribution in [3.8, 4) is 5.75 Å². The second-order valence-electron chi connectivity index (χ2n) is 9.66. The number of thiazole rings is 1. The van der Waals surface area contributed by atoms with Crippen LogP contribution in [0, 0.1) is 29.6 Å². The molecule has 8 heteroatoms. The Balaban J connectivity index is 1.40. The first-order valence-corrected chi connectivity index (χ1v) is 13.2. The zero-order valence-electron chi connectivity index (χ0n) is 18.0. The Morgan fingerprint density at radius 3 is 2.41 bits per heavy atom. The molecule has 7 rings (SSSR count). The number of nitrogens with zero attached hydrogens (tertiary/aromatic N) is 1. The molecule has 0 unspecified atom stereocenters. The fraction of sp³-hybridized carbons (Fsp3) is 0.346. The molecule has 2 bridgehead atoms. The Morgan fingerprint density at radius 1 is 0.941 bits per heavy atom. The molecule has 34 heavy (non-hydrogen) atoms. The molecule has 2 aromatic carbocycles. The molecule has 7 atom stereocenters. The summed E-state index contributed by atoms with van der Waals surface area (Å²) in [6.45, 7) is 0.476. The molecule has 0 spiro atoms. The first kappa shape index (κ1) is 20.5. The molecule has 1 saturated heterocycles. The second-order valence-corrected chi connectivity index (χ2v) is 11.8. The molecule has 3 aromatic rings. The van der Waals surface area contributed by atoms with Crippen molar-refractivity contribution in [3.63, 3.8) is 0 Å². The number of phenols is 1. The van der Waals surface area contributed by atoms with Crippen molar-refractivity contribution in [3.05, 3.63) is 80.3 Å². The number of para-hydroxylation sites is 1. The van der Waals surface area contributed by atoms with Gasteiger partial charge in [0.2, 0.25) is 0 Å². The van der Waals surface area contributed by atoms with Gasteiger partial charge < -0.3 is 9.84 Å². The molecule has 1 N–H and O–H groups in total. The fourth-order valence-electron chi connectivity index (χ4n) is 6.92. The molecule has 2 aliphatic heterocycles. The van der Waals surface area contributed by atoms with Crippen LogP contribution in [0.3, 0.4) is 0 Å². The highest BCUT2D eigenvalue weighted by Crippen LogP contribution is 2.68. The minimum absolute atomic E-state index is 0.00369. The summed E-state index contributed by atoms with van der Waals surface area (Å²) in [5.74, 6) is -1.49. The van der Waals surface area contributed by atoms with Crippen LogP contribution in [0.1, 0.15) is 28.3 Å². The van der Waals surface area contributed by atoms with Gasteiger partial charge in [0.15, 0.2) is 0 Å². The fourth-order valence-corrected chi connectivity index (χ4v) is 10.1. The van der Waals surface area contributed by atoms with Crippen molar-refractivity contribution < 1.29 is 19.4 Å². The quantitative estimate of drug-likeness (QED) is 0.443. The van der Waals surface area contributed by atoms with Crippen molar-refractivity contribution in [2.45, 2.75) is 29.2 Å². The van der Waals surface area contributed by atoms with Crippen LogP contribution in [0.4, 0.5) is 0 Å². The molecule has 6 nitrogen and oxygen atoms in total. The molecule has 172 valence electrons. The first-order chi connectivity index (χ1) is 16.5. The molecule has 3 fully saturated rings. The average Bonchev–Trinajstić information content (AvgIpc) is 3.55. The van der Waals surface area contributed by atoms with Crippen LogP contribution in [0.5, 0.6) is 5.75 Å². The Kier molecular flexibility index (Phi) is 4.42. The Morgan fingerprint density at radius 2 is 1.65 bits per heavy atom. The maximum atomic E-state index is 13.2. The number of rotatable bonds is 3. The van der Waals surface area contributed by atoms with Gasteiger partial charge in [-0.3, -0.25) is 19.0 Å². The smallest absolute Gasteiger partial charge is 0.317 e. The SMILES string of the molecule is O=C1OC(=O)[C@@H]2[C@H]3C[C@H]([C@@H]12)[C@H]1[C@H](c2ccccc2O)c2sc(=O)n(Cc4ccccc4)c2S[C@@H]31. The predicted octanol–water partition coefficient (Wildman–Crippen LogP) is 3.85. The van der Waals surface area contributed by atoms with Crippen molar-refractivity contribution in [1.29, 1.82) is 0 Å². The number of ether oxygens (including phenoxy) is 1. The molecule has 0 radical (unpaired) electrons. The lowest BCUT2D eigenvalue weighted by molar-refractivity contribution is -0.154. The van der Waals surface area contributed by atoms with Gasteiger partial charge in [-0.15, -0.1) is 11.8 Å². The molecular weight excluding hydrogens is 470 g/mol. The molecule has 2 saturated carbocycles. The summed E-state index contributed by atoms with van der Waals surface area (Å²) in [6.07, 6.45) is 0.806. The zero-order chi connectivity index (χ0) is 23.1. The third-order valence-electron chi connectivity index (χ3n) is 8.14. The van der Waals surface area contributed by atoms with Crippen molar-refractivity contribution >= 4 is 35.0 Å². The van der Waals surface area contributed by atoms with Crippen molar-refractivity contribution in [2.75, 3.05) is 0 Å². The van der Waals surface area contributed by atoms with E-state index in [1.807, 2.05) is 47.0 Å². The van der Waals surface area contributed by atoms with E-state index in [9.17, 15) is 19.5 Å². The van der Waals surface area contributed by atoms with Crippen LogP contribution in [0.15, 0.2) is 64.4 Å². The number of carbonyl (C=O) groups is 2.